The second-order valence-electron chi connectivity index (χ2n) is 3.54. The Morgan fingerprint density at radius 2 is 2.05 bits per heavy atom. The van der Waals surface area contributed by atoms with E-state index in [-0.39, 0.29) is 16.6 Å². The molecule has 0 bridgehead atoms. The van der Waals surface area contributed by atoms with Crippen molar-refractivity contribution in [2.24, 2.45) is 0 Å². The minimum Gasteiger partial charge on any atom is -0.467 e. The number of benzene rings is 1. The summed E-state index contributed by atoms with van der Waals surface area (Å²) in [5.41, 5.74) is 0.546. The van der Waals surface area contributed by atoms with Gasteiger partial charge in [-0.2, -0.15) is 0 Å². The van der Waals surface area contributed by atoms with Gasteiger partial charge in [-0.05, 0) is 18.2 Å². The molecule has 0 aliphatic carbocycles. The summed E-state index contributed by atoms with van der Waals surface area (Å²) in [6, 6.07) is 3.72. The van der Waals surface area contributed by atoms with Crippen LogP contribution in [0.1, 0.15) is 10.4 Å². The highest BCUT2D eigenvalue weighted by Gasteiger charge is 2.11. The van der Waals surface area contributed by atoms with Crippen LogP contribution >= 0.6 is 11.6 Å². The minimum absolute atomic E-state index is 0.0342. The number of hydrogen-bond donors (Lipinski definition) is 1. The summed E-state index contributed by atoms with van der Waals surface area (Å²) in [6.07, 6.45) is 2.78. The summed E-state index contributed by atoms with van der Waals surface area (Å²) in [6.45, 7) is 0. The fourth-order valence-electron chi connectivity index (χ4n) is 1.36. The van der Waals surface area contributed by atoms with Crippen LogP contribution in [0.3, 0.4) is 0 Å². The van der Waals surface area contributed by atoms with E-state index in [1.807, 2.05) is 0 Å². The van der Waals surface area contributed by atoms with Crippen molar-refractivity contribution in [3.8, 4) is 6.01 Å². The zero-order valence-corrected chi connectivity index (χ0v) is 10.6. The first-order valence-electron chi connectivity index (χ1n) is 5.22. The summed E-state index contributed by atoms with van der Waals surface area (Å²) in [7, 11) is 1.44. The van der Waals surface area contributed by atoms with Gasteiger partial charge in [0.25, 0.3) is 5.91 Å². The normalized spacial score (nSPS) is 10.1. The number of nitrogens with zero attached hydrogens (tertiary/aromatic N) is 2. The van der Waals surface area contributed by atoms with Crippen LogP contribution < -0.4 is 10.1 Å². The summed E-state index contributed by atoms with van der Waals surface area (Å²) >= 11 is 5.79. The van der Waals surface area contributed by atoms with Crippen LogP contribution in [-0.4, -0.2) is 23.0 Å². The molecule has 0 unspecified atom stereocenters. The van der Waals surface area contributed by atoms with Crippen LogP contribution in [0.4, 0.5) is 10.1 Å². The summed E-state index contributed by atoms with van der Waals surface area (Å²) in [5, 5.41) is 2.58. The molecule has 5 nitrogen and oxygen atoms in total. The molecule has 0 aliphatic rings. The number of methoxy groups -OCH3 is 1. The lowest BCUT2D eigenvalue weighted by atomic mass is 10.2. The number of rotatable bonds is 3. The molecule has 0 saturated heterocycles. The van der Waals surface area contributed by atoms with Crippen molar-refractivity contribution in [3.05, 3.63) is 47.0 Å². The molecular formula is C12H9ClFN3O2. The SMILES string of the molecule is COc1ncc(NC(=O)c2ccc(F)cc2Cl)cn1. The van der Waals surface area contributed by atoms with Crippen molar-refractivity contribution in [1.29, 1.82) is 0 Å². The predicted octanol–water partition coefficient (Wildman–Crippen LogP) is 2.53. The molecule has 1 aromatic heterocycles. The van der Waals surface area contributed by atoms with E-state index in [2.05, 4.69) is 15.3 Å². The smallest absolute Gasteiger partial charge is 0.316 e. The van der Waals surface area contributed by atoms with Crippen molar-refractivity contribution in [3.63, 3.8) is 0 Å². The van der Waals surface area contributed by atoms with Crippen molar-refractivity contribution in [1.82, 2.24) is 9.97 Å². The number of halogens is 2. The van der Waals surface area contributed by atoms with E-state index >= 15 is 0 Å². The first-order chi connectivity index (χ1) is 9.10. The van der Waals surface area contributed by atoms with Gasteiger partial charge in [0.15, 0.2) is 0 Å². The zero-order chi connectivity index (χ0) is 13.8. The maximum atomic E-state index is 12.9. The van der Waals surface area contributed by atoms with Crippen LogP contribution in [0.2, 0.25) is 5.02 Å². The lowest BCUT2D eigenvalue weighted by molar-refractivity contribution is 0.102. The summed E-state index contributed by atoms with van der Waals surface area (Å²) in [5.74, 6) is -0.979. The minimum atomic E-state index is -0.505. The predicted molar refractivity (Wildman–Crippen MR) is 67.9 cm³/mol. The highest BCUT2D eigenvalue weighted by Crippen LogP contribution is 2.18. The van der Waals surface area contributed by atoms with Gasteiger partial charge in [-0.15, -0.1) is 0 Å². The molecule has 1 aromatic carbocycles. The van der Waals surface area contributed by atoms with E-state index in [4.69, 9.17) is 16.3 Å². The monoisotopic (exact) mass is 281 g/mol. The average Bonchev–Trinajstić information content (AvgIpc) is 2.39. The Hall–Kier alpha value is -2.21. The first-order valence-corrected chi connectivity index (χ1v) is 5.60. The van der Waals surface area contributed by atoms with Crippen LogP contribution in [0.25, 0.3) is 0 Å². The molecule has 1 N–H and O–H groups in total. The van der Waals surface area contributed by atoms with E-state index in [9.17, 15) is 9.18 Å². The third kappa shape index (κ3) is 3.17. The van der Waals surface area contributed by atoms with Crippen molar-refractivity contribution >= 4 is 23.2 Å². The number of ether oxygens (including phenoxy) is 1. The fraction of sp³-hybridized carbons (Fsp3) is 0.0833. The Labute approximate surface area is 113 Å². The number of nitrogens with one attached hydrogen (secondary N) is 1. The molecule has 2 rings (SSSR count). The van der Waals surface area contributed by atoms with Crippen LogP contribution in [-0.2, 0) is 0 Å². The van der Waals surface area contributed by atoms with Gasteiger partial charge >= 0.3 is 6.01 Å². The van der Waals surface area contributed by atoms with E-state index < -0.39 is 11.7 Å². The highest BCUT2D eigenvalue weighted by atomic mass is 35.5. The number of anilines is 1. The van der Waals surface area contributed by atoms with Gasteiger partial charge in [0.05, 0.1) is 35.8 Å². The van der Waals surface area contributed by atoms with Crippen molar-refractivity contribution < 1.29 is 13.9 Å². The lowest BCUT2D eigenvalue weighted by Crippen LogP contribution is -2.13. The molecule has 1 heterocycles. The molecule has 98 valence electrons. The second-order valence-corrected chi connectivity index (χ2v) is 3.94. The molecule has 2 aromatic rings. The highest BCUT2D eigenvalue weighted by molar-refractivity contribution is 6.34. The van der Waals surface area contributed by atoms with Gasteiger partial charge in [-0.25, -0.2) is 14.4 Å². The third-order valence-electron chi connectivity index (χ3n) is 2.24. The van der Waals surface area contributed by atoms with Crippen molar-refractivity contribution in [2.75, 3.05) is 12.4 Å². The second kappa shape index (κ2) is 5.62. The standard InChI is InChI=1S/C12H9ClFN3O2/c1-19-12-15-5-8(6-16-12)17-11(18)9-3-2-7(14)4-10(9)13/h2-6H,1H3,(H,17,18). The summed E-state index contributed by atoms with van der Waals surface area (Å²) < 4.78 is 17.7. The molecule has 0 saturated carbocycles. The van der Waals surface area contributed by atoms with E-state index in [1.165, 1.54) is 25.6 Å². The molecule has 0 aliphatic heterocycles. The molecule has 0 spiro atoms. The molecule has 7 heteroatoms. The Kier molecular flexibility index (Phi) is 3.91. The lowest BCUT2D eigenvalue weighted by Gasteiger charge is -2.06. The Bertz CT molecular complexity index is 604. The van der Waals surface area contributed by atoms with E-state index in [0.717, 1.165) is 12.1 Å². The number of amides is 1. The maximum Gasteiger partial charge on any atom is 0.316 e. The number of carbonyl (C=O) groups is 1. The first kappa shape index (κ1) is 13.2. The summed E-state index contributed by atoms with van der Waals surface area (Å²) in [4.78, 5) is 19.6. The molecule has 0 atom stereocenters. The maximum absolute atomic E-state index is 12.9. The van der Waals surface area contributed by atoms with E-state index in [0.29, 0.717) is 5.69 Å². The Balaban J connectivity index is 2.15. The van der Waals surface area contributed by atoms with Gasteiger partial charge in [0.2, 0.25) is 0 Å². The fourth-order valence-corrected chi connectivity index (χ4v) is 1.61. The van der Waals surface area contributed by atoms with Crippen molar-refractivity contribution in [2.45, 2.75) is 0 Å². The molecule has 1 amide bonds. The van der Waals surface area contributed by atoms with Gasteiger partial charge in [-0.3, -0.25) is 4.79 Å². The number of hydrogen-bond acceptors (Lipinski definition) is 4. The quantitative estimate of drug-likeness (QED) is 0.939. The van der Waals surface area contributed by atoms with Crippen LogP contribution in [0.5, 0.6) is 6.01 Å². The van der Waals surface area contributed by atoms with Crippen LogP contribution in [0, 0.1) is 5.82 Å². The third-order valence-corrected chi connectivity index (χ3v) is 2.56. The zero-order valence-electron chi connectivity index (χ0n) is 9.85. The number of carbonyl (C=O) groups excluding carboxylic acids is 1. The van der Waals surface area contributed by atoms with Gasteiger partial charge in [0, 0.05) is 0 Å². The Morgan fingerprint density at radius 1 is 1.37 bits per heavy atom. The molecule has 0 radical (unpaired) electrons. The number of aromatic nitrogens is 2. The van der Waals surface area contributed by atoms with Gasteiger partial charge in [0.1, 0.15) is 5.82 Å². The van der Waals surface area contributed by atoms with E-state index in [1.54, 1.807) is 0 Å². The topological polar surface area (TPSA) is 64.1 Å². The molecular weight excluding hydrogens is 273 g/mol. The largest absolute Gasteiger partial charge is 0.467 e. The Morgan fingerprint density at radius 3 is 2.63 bits per heavy atom. The van der Waals surface area contributed by atoms with Crippen LogP contribution in [0.15, 0.2) is 30.6 Å². The molecule has 19 heavy (non-hydrogen) atoms. The average molecular weight is 282 g/mol. The van der Waals surface area contributed by atoms with Gasteiger partial charge < -0.3 is 10.1 Å². The molecule has 0 fully saturated rings. The van der Waals surface area contributed by atoms with Gasteiger partial charge in [-0.1, -0.05) is 11.6 Å².